The number of ether oxygens (including phenoxy) is 3. The highest BCUT2D eigenvalue weighted by Crippen LogP contribution is 2.63. The van der Waals surface area contributed by atoms with Crippen LogP contribution in [0, 0.1) is 17.8 Å². The molecule has 11 nitrogen and oxygen atoms in total. The number of Topliss-reactive ketones (excluding diaryl/α,β-unsaturated/α-hetero) is 2. The summed E-state index contributed by atoms with van der Waals surface area (Å²) in [6.45, 7) is 5.89. The van der Waals surface area contributed by atoms with Crippen LogP contribution < -0.4 is 20.1 Å². The summed E-state index contributed by atoms with van der Waals surface area (Å²) in [5.74, 6) is -2.45. The first-order valence-electron chi connectivity index (χ1n) is 16.7. The number of halogens is 1. The molecule has 2 aromatic heterocycles. The molecule has 4 aromatic rings. The van der Waals surface area contributed by atoms with Crippen molar-refractivity contribution < 1.29 is 37.5 Å². The Morgan fingerprint density at radius 1 is 0.980 bits per heavy atom. The van der Waals surface area contributed by atoms with E-state index in [4.69, 9.17) is 18.7 Å². The summed E-state index contributed by atoms with van der Waals surface area (Å²) in [4.78, 5) is 45.9. The lowest BCUT2D eigenvalue weighted by molar-refractivity contribution is -0.115. The molecule has 12 heteroatoms. The molecule has 4 aliphatic rings. The summed E-state index contributed by atoms with van der Waals surface area (Å²) in [6, 6.07) is 18.8. The third-order valence-corrected chi connectivity index (χ3v) is 9.69. The minimum Gasteiger partial charge on any atom is -0.484 e. The number of epoxide rings is 1. The Kier molecular flexibility index (Phi) is 7.59. The molecular formula is C38H35FN4O7. The van der Waals surface area contributed by atoms with Gasteiger partial charge in [-0.15, -0.1) is 0 Å². The van der Waals surface area contributed by atoms with Gasteiger partial charge in [-0.25, -0.2) is 0 Å². The molecule has 50 heavy (non-hydrogen) atoms. The van der Waals surface area contributed by atoms with Crippen LogP contribution in [0.3, 0.4) is 0 Å². The van der Waals surface area contributed by atoms with Gasteiger partial charge in [0.25, 0.3) is 5.88 Å². The highest BCUT2D eigenvalue weighted by molar-refractivity contribution is 6.18. The van der Waals surface area contributed by atoms with E-state index in [0.29, 0.717) is 24.2 Å². The zero-order valence-electron chi connectivity index (χ0n) is 27.8. The van der Waals surface area contributed by atoms with Crippen LogP contribution in [0.1, 0.15) is 70.4 Å². The molecule has 1 aliphatic heterocycles. The fourth-order valence-corrected chi connectivity index (χ4v) is 7.27. The predicted octanol–water partition coefficient (Wildman–Crippen LogP) is 5.53. The summed E-state index contributed by atoms with van der Waals surface area (Å²) in [6.07, 6.45) is 0.864. The first-order chi connectivity index (χ1) is 24.0. The number of hydrogen-bond acceptors (Lipinski definition) is 10. The number of amides is 1. The fourth-order valence-electron chi connectivity index (χ4n) is 7.27. The smallest absolute Gasteiger partial charge is 0.265 e. The topological polar surface area (TPSA) is 145 Å². The maximum atomic E-state index is 15.9. The maximum Gasteiger partial charge on any atom is 0.265 e. The van der Waals surface area contributed by atoms with Crippen LogP contribution in [-0.4, -0.2) is 45.3 Å². The average molecular weight is 679 g/mol. The van der Waals surface area contributed by atoms with E-state index in [1.54, 1.807) is 0 Å². The number of allylic oxidation sites excluding steroid dienone is 1. The van der Waals surface area contributed by atoms with Gasteiger partial charge in [0.2, 0.25) is 23.2 Å². The van der Waals surface area contributed by atoms with Gasteiger partial charge >= 0.3 is 0 Å². The van der Waals surface area contributed by atoms with Crippen LogP contribution in [0.25, 0.3) is 0 Å². The monoisotopic (exact) mass is 678 g/mol. The largest absolute Gasteiger partial charge is 0.484 e. The number of pyridine rings is 1. The number of nitrogens with one attached hydrogen (secondary N) is 2. The van der Waals surface area contributed by atoms with Crippen molar-refractivity contribution in [1.29, 1.82) is 0 Å². The first kappa shape index (κ1) is 31.9. The van der Waals surface area contributed by atoms with Crippen molar-refractivity contribution in [1.82, 2.24) is 15.5 Å². The van der Waals surface area contributed by atoms with Crippen molar-refractivity contribution in [2.24, 2.45) is 11.8 Å². The molecule has 1 spiro atoms. The summed E-state index contributed by atoms with van der Waals surface area (Å²) in [7, 11) is 0. The van der Waals surface area contributed by atoms with Crippen LogP contribution in [-0.2, 0) is 35.6 Å². The van der Waals surface area contributed by atoms with Gasteiger partial charge in [-0.2, -0.15) is 9.37 Å². The van der Waals surface area contributed by atoms with E-state index in [1.165, 1.54) is 0 Å². The summed E-state index contributed by atoms with van der Waals surface area (Å²) in [5, 5.41) is 9.81. The Morgan fingerprint density at radius 2 is 1.66 bits per heavy atom. The molecule has 256 valence electrons. The van der Waals surface area contributed by atoms with Crippen molar-refractivity contribution in [3.63, 3.8) is 0 Å². The highest BCUT2D eigenvalue weighted by Gasteiger charge is 2.72. The van der Waals surface area contributed by atoms with Crippen molar-refractivity contribution in [2.75, 3.05) is 11.9 Å². The highest BCUT2D eigenvalue weighted by atomic mass is 19.1. The van der Waals surface area contributed by atoms with Gasteiger partial charge < -0.3 is 29.4 Å². The number of carbonyl (C=O) groups is 3. The van der Waals surface area contributed by atoms with E-state index in [-0.39, 0.29) is 83.3 Å². The maximum absolute atomic E-state index is 15.9. The van der Waals surface area contributed by atoms with Crippen molar-refractivity contribution in [3.05, 3.63) is 112 Å². The summed E-state index contributed by atoms with van der Waals surface area (Å²) >= 11 is 0. The molecule has 0 saturated carbocycles. The SMILES string of the molecule is CC(C)(C)NCC(=O)Nc1nc(F)c2c(c1OCc1ccccc1)C(=O)C1=C3O[C@]34C(=O)c3c(OCc5ccccc5)noc3C[C@@H]4CC1C2. The molecule has 1 saturated heterocycles. The number of ketones is 2. The second kappa shape index (κ2) is 11.9. The lowest BCUT2D eigenvalue weighted by Crippen LogP contribution is -2.44. The van der Waals surface area contributed by atoms with Gasteiger partial charge in [-0.3, -0.25) is 14.4 Å². The number of benzene rings is 2. The van der Waals surface area contributed by atoms with Gasteiger partial charge in [0, 0.05) is 29.0 Å². The average Bonchev–Trinajstić information content (AvgIpc) is 3.72. The normalized spacial score (nSPS) is 21.6. The molecule has 2 aromatic carbocycles. The Bertz CT molecular complexity index is 2070. The van der Waals surface area contributed by atoms with Crippen molar-refractivity contribution >= 4 is 23.3 Å². The van der Waals surface area contributed by atoms with E-state index in [2.05, 4.69) is 20.8 Å². The van der Waals surface area contributed by atoms with Crippen LogP contribution >= 0.6 is 0 Å². The minimum atomic E-state index is -1.35. The summed E-state index contributed by atoms with van der Waals surface area (Å²) < 4.78 is 39.8. The molecule has 3 aliphatic carbocycles. The Labute approximate surface area is 287 Å². The second-order valence-corrected chi connectivity index (χ2v) is 14.2. The second-order valence-electron chi connectivity index (χ2n) is 14.2. The molecule has 3 atom stereocenters. The van der Waals surface area contributed by atoms with Gasteiger partial charge in [0.1, 0.15) is 18.8 Å². The standard InChI is InChI=1S/C38H35FN4O7/c1-37(2,3)40-17-26(44)41-35-31(47-18-20-10-6-4-7-11-20)28-24(34(39)42-35)15-22-14-23-16-25-29(32(46)38(23)33(49-38)27(22)30(28)45)36(43-50-25)48-19-21-12-8-5-9-13-21/h4-13,22-23,40H,14-19H2,1-3H3,(H,41,42,44)/t22?,23-,38+/m0/s1. The lowest BCUT2D eigenvalue weighted by Gasteiger charge is -2.35. The number of nitrogens with zero attached hydrogens (tertiary/aromatic N) is 2. The molecule has 2 N–H and O–H groups in total. The number of rotatable bonds is 9. The Balaban J connectivity index is 1.14. The lowest BCUT2D eigenvalue weighted by atomic mass is 9.63. The molecule has 1 unspecified atom stereocenters. The van der Waals surface area contributed by atoms with E-state index in [1.807, 2.05) is 81.4 Å². The van der Waals surface area contributed by atoms with Crippen molar-refractivity contribution in [2.45, 2.75) is 64.4 Å². The molecule has 0 radical (unpaired) electrons. The zero-order chi connectivity index (χ0) is 34.8. The Morgan fingerprint density at radius 3 is 2.34 bits per heavy atom. The van der Waals surface area contributed by atoms with Gasteiger partial charge in [-0.1, -0.05) is 60.7 Å². The van der Waals surface area contributed by atoms with Crippen LogP contribution in [0.2, 0.25) is 0 Å². The quantitative estimate of drug-likeness (QED) is 0.171. The Hall–Kier alpha value is -5.36. The zero-order valence-corrected chi connectivity index (χ0v) is 27.8. The minimum absolute atomic E-state index is 0.0313. The number of anilines is 1. The number of carbonyl (C=O) groups excluding carboxylic acids is 3. The van der Waals surface area contributed by atoms with E-state index >= 15 is 4.39 Å². The predicted molar refractivity (Wildman–Crippen MR) is 177 cm³/mol. The van der Waals surface area contributed by atoms with Gasteiger partial charge in [0.05, 0.1) is 12.1 Å². The summed E-state index contributed by atoms with van der Waals surface area (Å²) in [5.41, 5.74) is 0.592. The fraction of sp³-hybridized carbons (Fsp3) is 0.342. The molecule has 3 heterocycles. The van der Waals surface area contributed by atoms with E-state index in [0.717, 1.165) is 11.1 Å². The van der Waals surface area contributed by atoms with E-state index < -0.39 is 29.2 Å². The number of hydrogen-bond donors (Lipinski definition) is 2. The van der Waals surface area contributed by atoms with Crippen molar-refractivity contribution in [3.8, 4) is 11.6 Å². The van der Waals surface area contributed by atoms with Gasteiger partial charge in [-0.05, 0) is 55.8 Å². The van der Waals surface area contributed by atoms with Crippen LogP contribution in [0.4, 0.5) is 10.2 Å². The van der Waals surface area contributed by atoms with Crippen LogP contribution in [0.5, 0.6) is 11.6 Å². The van der Waals surface area contributed by atoms with E-state index in [9.17, 15) is 14.4 Å². The molecular weight excluding hydrogens is 643 g/mol. The van der Waals surface area contributed by atoms with Crippen LogP contribution in [0.15, 0.2) is 76.5 Å². The molecule has 1 fully saturated rings. The molecule has 1 amide bonds. The number of fused-ring (bicyclic) bond motifs is 3. The first-order valence-corrected chi connectivity index (χ1v) is 16.7. The molecule has 0 bridgehead atoms. The number of aromatic nitrogens is 2. The third kappa shape index (κ3) is 5.43. The molecule has 8 rings (SSSR count). The third-order valence-electron chi connectivity index (χ3n) is 9.69. The van der Waals surface area contributed by atoms with Gasteiger partial charge in [0.15, 0.2) is 28.9 Å².